The van der Waals surface area contributed by atoms with E-state index in [1.54, 1.807) is 0 Å². The molecule has 0 amide bonds. The lowest BCUT2D eigenvalue weighted by Gasteiger charge is -2.20. The largest absolute Gasteiger partial charge is 0.306 e. The summed E-state index contributed by atoms with van der Waals surface area (Å²) in [7, 11) is 0. The molecule has 90 valence electrons. The molecule has 1 N–H and O–H groups in total. The van der Waals surface area contributed by atoms with Crippen molar-refractivity contribution in [2.45, 2.75) is 12.8 Å². The van der Waals surface area contributed by atoms with Crippen LogP contribution >= 0.6 is 11.8 Å². The minimum absolute atomic E-state index is 0.804. The lowest BCUT2D eigenvalue weighted by Crippen LogP contribution is -2.25. The summed E-state index contributed by atoms with van der Waals surface area (Å²) in [5.41, 5.74) is 1.10. The maximum Gasteiger partial charge on any atom is 0.0580 e. The van der Waals surface area contributed by atoms with Gasteiger partial charge in [-0.3, -0.25) is 0 Å². The van der Waals surface area contributed by atoms with Gasteiger partial charge in [0.25, 0.3) is 0 Å². The third kappa shape index (κ3) is 4.85. The van der Waals surface area contributed by atoms with Crippen LogP contribution in [0.15, 0.2) is 30.3 Å². The Hall–Kier alpha value is -0.910. The van der Waals surface area contributed by atoms with Gasteiger partial charge in [0.15, 0.2) is 0 Å². The van der Waals surface area contributed by atoms with E-state index in [9.17, 15) is 0 Å². The van der Waals surface area contributed by atoms with Crippen LogP contribution in [0.2, 0.25) is 0 Å². The number of thioether (sulfide) groups is 1. The lowest BCUT2D eigenvalue weighted by atomic mass is 10.0. The van der Waals surface area contributed by atoms with Gasteiger partial charge in [0.1, 0.15) is 0 Å². The van der Waals surface area contributed by atoms with E-state index >= 15 is 0 Å². The van der Waals surface area contributed by atoms with Crippen LogP contribution in [0.25, 0.3) is 0 Å². The van der Waals surface area contributed by atoms with Gasteiger partial charge in [-0.15, -0.1) is 0 Å². The smallest absolute Gasteiger partial charge is 0.0580 e. The molecule has 2 heteroatoms. The molecule has 1 aliphatic heterocycles. The average molecular weight is 245 g/mol. The summed E-state index contributed by atoms with van der Waals surface area (Å²) < 4.78 is 0. The van der Waals surface area contributed by atoms with Crippen LogP contribution in [-0.2, 0) is 0 Å². The molecule has 0 aliphatic carbocycles. The zero-order valence-corrected chi connectivity index (χ0v) is 10.9. The zero-order chi connectivity index (χ0) is 11.8. The highest BCUT2D eigenvalue weighted by molar-refractivity contribution is 7.99. The van der Waals surface area contributed by atoms with Crippen molar-refractivity contribution >= 4 is 11.8 Å². The second-order valence-electron chi connectivity index (χ2n) is 4.35. The van der Waals surface area contributed by atoms with Crippen LogP contribution in [0.4, 0.5) is 0 Å². The summed E-state index contributed by atoms with van der Waals surface area (Å²) in [6, 6.07) is 10.2. The molecule has 1 heterocycles. The fraction of sp³-hybridized carbons (Fsp3) is 0.467. The van der Waals surface area contributed by atoms with Gasteiger partial charge in [0, 0.05) is 5.56 Å². The Bertz CT molecular complexity index is 371. The van der Waals surface area contributed by atoms with Crippen molar-refractivity contribution in [1.82, 2.24) is 5.32 Å². The highest BCUT2D eigenvalue weighted by atomic mass is 32.2. The van der Waals surface area contributed by atoms with Gasteiger partial charge >= 0.3 is 0 Å². The first kappa shape index (κ1) is 12.5. The highest BCUT2D eigenvalue weighted by Gasteiger charge is 2.12. The quantitative estimate of drug-likeness (QED) is 0.649. The van der Waals surface area contributed by atoms with E-state index in [0.717, 1.165) is 24.6 Å². The normalized spacial score (nSPS) is 16.2. The van der Waals surface area contributed by atoms with Crippen LogP contribution in [0, 0.1) is 17.8 Å². The summed E-state index contributed by atoms with van der Waals surface area (Å²) in [5, 5.41) is 3.44. The van der Waals surface area contributed by atoms with Crippen LogP contribution < -0.4 is 5.32 Å². The Morgan fingerprint density at radius 2 is 1.94 bits per heavy atom. The number of nitrogens with one attached hydrogen (secondary N) is 1. The summed E-state index contributed by atoms with van der Waals surface area (Å²) >= 11 is 2.08. The van der Waals surface area contributed by atoms with Crippen LogP contribution in [0.5, 0.6) is 0 Å². The van der Waals surface area contributed by atoms with Crippen molar-refractivity contribution in [3.8, 4) is 11.8 Å². The van der Waals surface area contributed by atoms with E-state index in [2.05, 4.69) is 28.9 Å². The summed E-state index contributed by atoms with van der Waals surface area (Å²) in [6.45, 7) is 1.93. The van der Waals surface area contributed by atoms with Crippen molar-refractivity contribution in [3.05, 3.63) is 35.9 Å². The molecule has 1 fully saturated rings. The zero-order valence-electron chi connectivity index (χ0n) is 10.1. The van der Waals surface area contributed by atoms with Crippen molar-refractivity contribution in [2.24, 2.45) is 5.92 Å². The molecule has 1 saturated heterocycles. The van der Waals surface area contributed by atoms with Crippen LogP contribution in [0.1, 0.15) is 18.4 Å². The molecule has 1 aromatic rings. The van der Waals surface area contributed by atoms with Gasteiger partial charge in [0.05, 0.1) is 6.54 Å². The lowest BCUT2D eigenvalue weighted by molar-refractivity contribution is 0.460. The molecular weight excluding hydrogens is 226 g/mol. The molecule has 1 aliphatic rings. The first-order valence-corrected chi connectivity index (χ1v) is 7.43. The maximum atomic E-state index is 3.44. The monoisotopic (exact) mass is 245 g/mol. The SMILES string of the molecule is C(#Cc1ccccc1)CNCC1CCSCC1. The molecule has 17 heavy (non-hydrogen) atoms. The third-order valence-corrected chi connectivity index (χ3v) is 4.04. The Morgan fingerprint density at radius 1 is 1.18 bits per heavy atom. The van der Waals surface area contributed by atoms with Gasteiger partial charge in [-0.2, -0.15) is 11.8 Å². The van der Waals surface area contributed by atoms with E-state index in [1.807, 2.05) is 30.3 Å². The fourth-order valence-corrected chi connectivity index (χ4v) is 3.16. The van der Waals surface area contributed by atoms with Gasteiger partial charge in [0.2, 0.25) is 0 Å². The Kier molecular flexibility index (Phi) is 5.48. The van der Waals surface area contributed by atoms with Crippen LogP contribution in [0.3, 0.4) is 0 Å². The van der Waals surface area contributed by atoms with Crippen molar-refractivity contribution in [2.75, 3.05) is 24.6 Å². The molecule has 0 atom stereocenters. The third-order valence-electron chi connectivity index (χ3n) is 2.99. The molecule has 0 spiro atoms. The topological polar surface area (TPSA) is 12.0 Å². The highest BCUT2D eigenvalue weighted by Crippen LogP contribution is 2.21. The van der Waals surface area contributed by atoms with E-state index in [0.29, 0.717) is 0 Å². The molecule has 0 bridgehead atoms. The second kappa shape index (κ2) is 7.42. The Balaban J connectivity index is 1.64. The molecule has 1 nitrogen and oxygen atoms in total. The summed E-state index contributed by atoms with van der Waals surface area (Å²) in [4.78, 5) is 0. The average Bonchev–Trinajstić information content (AvgIpc) is 2.41. The minimum Gasteiger partial charge on any atom is -0.306 e. The second-order valence-corrected chi connectivity index (χ2v) is 5.58. The summed E-state index contributed by atoms with van der Waals surface area (Å²) in [6.07, 6.45) is 2.73. The summed E-state index contributed by atoms with van der Waals surface area (Å²) in [5.74, 6) is 9.88. The fourth-order valence-electron chi connectivity index (χ4n) is 1.96. The van der Waals surface area contributed by atoms with Crippen molar-refractivity contribution < 1.29 is 0 Å². The van der Waals surface area contributed by atoms with Crippen LogP contribution in [-0.4, -0.2) is 24.6 Å². The molecule has 0 radical (unpaired) electrons. The number of rotatable bonds is 3. The van der Waals surface area contributed by atoms with Gasteiger partial charge < -0.3 is 5.32 Å². The predicted octanol–water partition coefficient (Wildman–Crippen LogP) is 2.77. The van der Waals surface area contributed by atoms with Gasteiger partial charge in [-0.25, -0.2) is 0 Å². The molecule has 2 rings (SSSR count). The van der Waals surface area contributed by atoms with E-state index < -0.39 is 0 Å². The van der Waals surface area contributed by atoms with E-state index in [4.69, 9.17) is 0 Å². The first-order valence-electron chi connectivity index (χ1n) is 6.27. The molecule has 0 aromatic heterocycles. The molecule has 0 saturated carbocycles. The first-order chi connectivity index (χ1) is 8.45. The number of hydrogen-bond acceptors (Lipinski definition) is 2. The van der Waals surface area contributed by atoms with Gasteiger partial charge in [-0.1, -0.05) is 30.0 Å². The number of benzene rings is 1. The molecule has 1 aromatic carbocycles. The van der Waals surface area contributed by atoms with E-state index in [-0.39, 0.29) is 0 Å². The van der Waals surface area contributed by atoms with Crippen molar-refractivity contribution in [1.29, 1.82) is 0 Å². The van der Waals surface area contributed by atoms with Gasteiger partial charge in [-0.05, 0) is 48.9 Å². The molecule has 0 unspecified atom stereocenters. The Labute approximate surface area is 108 Å². The standard InChI is InChI=1S/C15H19NS/c1-2-5-14(6-3-1)7-4-10-16-13-15-8-11-17-12-9-15/h1-3,5-6,15-16H,8-13H2. The maximum absolute atomic E-state index is 3.44. The Morgan fingerprint density at radius 3 is 2.71 bits per heavy atom. The number of hydrogen-bond donors (Lipinski definition) is 1. The predicted molar refractivity (Wildman–Crippen MR) is 76.2 cm³/mol. The van der Waals surface area contributed by atoms with Crippen molar-refractivity contribution in [3.63, 3.8) is 0 Å². The minimum atomic E-state index is 0.804. The molecular formula is C15H19NS. The van der Waals surface area contributed by atoms with E-state index in [1.165, 1.54) is 24.3 Å².